The predicted molar refractivity (Wildman–Crippen MR) is 116 cm³/mol. The third-order valence-corrected chi connectivity index (χ3v) is 6.48. The van der Waals surface area contributed by atoms with Gasteiger partial charge >= 0.3 is 13.6 Å². The Hall–Kier alpha value is -2.20. The molecule has 156 valence electrons. The van der Waals surface area contributed by atoms with Crippen molar-refractivity contribution in [2.45, 2.75) is 40.0 Å². The molecular weight excluding hydrogens is 387 g/mol. The van der Waals surface area contributed by atoms with E-state index in [9.17, 15) is 9.36 Å². The largest absolute Gasteiger partial charge is 0.422 e. The average molecular weight is 416 g/mol. The molecule has 0 heterocycles. The first-order valence-corrected chi connectivity index (χ1v) is 11.5. The second kappa shape index (κ2) is 11.7. The van der Waals surface area contributed by atoms with Gasteiger partial charge in [0.1, 0.15) is 5.76 Å². The number of rotatable bonds is 11. The highest BCUT2D eigenvalue weighted by Crippen LogP contribution is 2.60. The zero-order valence-corrected chi connectivity index (χ0v) is 18.2. The number of benzene rings is 2. The maximum absolute atomic E-state index is 13.7. The van der Waals surface area contributed by atoms with E-state index in [0.717, 1.165) is 12.8 Å². The van der Waals surface area contributed by atoms with Crippen LogP contribution in [0.2, 0.25) is 0 Å². The number of carbonyl (C=O) groups is 1. The standard InChI is InChI=1S/C23H29O5P/c1-4-7-18-21(29(25,26-5-2)27-6-3)22(19-14-10-8-11-15-19)28-23(24)20-16-12-9-13-17-20/h8-17H,4-7,18H2,1-3H3/b22-21-. The van der Waals surface area contributed by atoms with Gasteiger partial charge in [-0.05, 0) is 38.8 Å². The van der Waals surface area contributed by atoms with E-state index in [4.69, 9.17) is 13.8 Å². The first-order chi connectivity index (χ1) is 14.1. The minimum Gasteiger partial charge on any atom is -0.422 e. The van der Waals surface area contributed by atoms with E-state index in [-0.39, 0.29) is 19.0 Å². The fourth-order valence-electron chi connectivity index (χ4n) is 2.85. The van der Waals surface area contributed by atoms with Crippen LogP contribution in [0.25, 0.3) is 5.76 Å². The summed E-state index contributed by atoms with van der Waals surface area (Å²) >= 11 is 0. The molecule has 0 spiro atoms. The monoisotopic (exact) mass is 416 g/mol. The van der Waals surface area contributed by atoms with Gasteiger partial charge in [0.05, 0.1) is 24.1 Å². The van der Waals surface area contributed by atoms with Gasteiger partial charge in [0.2, 0.25) is 0 Å². The van der Waals surface area contributed by atoms with Gasteiger partial charge in [0, 0.05) is 5.56 Å². The fourth-order valence-corrected chi connectivity index (χ4v) is 4.77. The summed E-state index contributed by atoms with van der Waals surface area (Å²) < 4.78 is 30.7. The lowest BCUT2D eigenvalue weighted by molar-refractivity contribution is 0.0690. The molecule has 0 aromatic heterocycles. The average Bonchev–Trinajstić information content (AvgIpc) is 2.74. The molecule has 2 aromatic rings. The van der Waals surface area contributed by atoms with Crippen molar-refractivity contribution in [3.05, 3.63) is 77.1 Å². The topological polar surface area (TPSA) is 61.8 Å². The Bertz CT molecular complexity index is 836. The predicted octanol–water partition coefficient (Wildman–Crippen LogP) is 6.67. The van der Waals surface area contributed by atoms with E-state index < -0.39 is 13.6 Å². The SMILES string of the molecule is CCCC/C(=C(/OC(=O)c1ccccc1)c1ccccc1)P(=O)(OCC)OCC. The van der Waals surface area contributed by atoms with Crippen LogP contribution in [0.1, 0.15) is 56.0 Å². The molecule has 0 amide bonds. The van der Waals surface area contributed by atoms with Gasteiger partial charge in [-0.15, -0.1) is 0 Å². The number of ether oxygens (including phenoxy) is 1. The lowest BCUT2D eigenvalue weighted by Crippen LogP contribution is -2.09. The molecule has 2 rings (SSSR count). The zero-order chi connectivity index (χ0) is 21.1. The quantitative estimate of drug-likeness (QED) is 0.233. The molecule has 0 saturated carbocycles. The van der Waals surface area contributed by atoms with E-state index in [1.54, 1.807) is 38.1 Å². The lowest BCUT2D eigenvalue weighted by Gasteiger charge is -2.23. The van der Waals surface area contributed by atoms with Crippen LogP contribution in [0.4, 0.5) is 0 Å². The van der Waals surface area contributed by atoms with Gasteiger partial charge in [-0.2, -0.15) is 0 Å². The minimum atomic E-state index is -3.63. The summed E-state index contributed by atoms with van der Waals surface area (Å²) in [5.74, 6) is -0.267. The number of hydrogen-bond donors (Lipinski definition) is 0. The van der Waals surface area contributed by atoms with E-state index in [1.807, 2.05) is 43.3 Å². The molecule has 0 fully saturated rings. The molecular formula is C23H29O5P. The Balaban J connectivity index is 2.62. The van der Waals surface area contributed by atoms with Gasteiger partial charge in [-0.25, -0.2) is 4.79 Å². The molecule has 0 saturated heterocycles. The highest BCUT2D eigenvalue weighted by atomic mass is 31.2. The molecule has 0 bridgehead atoms. The Morgan fingerprint density at radius 3 is 1.83 bits per heavy atom. The second-order valence-electron chi connectivity index (χ2n) is 6.33. The minimum absolute atomic E-state index is 0.224. The van der Waals surface area contributed by atoms with Crippen LogP contribution < -0.4 is 0 Å². The molecule has 2 aromatic carbocycles. The fraction of sp³-hybridized carbons (Fsp3) is 0.348. The van der Waals surface area contributed by atoms with Crippen molar-refractivity contribution in [2.24, 2.45) is 0 Å². The number of esters is 1. The van der Waals surface area contributed by atoms with E-state index >= 15 is 0 Å². The second-order valence-corrected chi connectivity index (χ2v) is 8.39. The van der Waals surface area contributed by atoms with Crippen LogP contribution in [-0.4, -0.2) is 19.2 Å². The summed E-state index contributed by atoms with van der Waals surface area (Å²) in [5, 5.41) is 0.401. The highest BCUT2D eigenvalue weighted by Gasteiger charge is 2.34. The molecule has 0 N–H and O–H groups in total. The van der Waals surface area contributed by atoms with Crippen molar-refractivity contribution in [2.75, 3.05) is 13.2 Å². The number of carbonyl (C=O) groups excluding carboxylic acids is 1. The van der Waals surface area contributed by atoms with Gasteiger partial charge < -0.3 is 13.8 Å². The number of allylic oxidation sites excluding steroid dienone is 1. The van der Waals surface area contributed by atoms with Gasteiger partial charge in [0.25, 0.3) is 0 Å². The summed E-state index contributed by atoms with van der Waals surface area (Å²) in [6.45, 7) is 6.02. The first-order valence-electron chi connectivity index (χ1n) is 10.0. The van der Waals surface area contributed by atoms with E-state index in [2.05, 4.69) is 0 Å². The van der Waals surface area contributed by atoms with Gasteiger partial charge in [0.15, 0.2) is 0 Å². The van der Waals surface area contributed by atoms with Crippen LogP contribution in [0.5, 0.6) is 0 Å². The Morgan fingerprint density at radius 1 is 0.828 bits per heavy atom. The summed E-state index contributed by atoms with van der Waals surface area (Å²) in [6.07, 6.45) is 2.09. The van der Waals surface area contributed by atoms with E-state index in [0.29, 0.717) is 22.9 Å². The Kier molecular flexibility index (Phi) is 9.33. The molecule has 0 atom stereocenters. The van der Waals surface area contributed by atoms with Gasteiger partial charge in [-0.1, -0.05) is 61.9 Å². The van der Waals surface area contributed by atoms with Crippen molar-refractivity contribution in [3.8, 4) is 0 Å². The number of hydrogen-bond acceptors (Lipinski definition) is 5. The zero-order valence-electron chi connectivity index (χ0n) is 17.3. The molecule has 5 nitrogen and oxygen atoms in total. The third kappa shape index (κ3) is 6.40. The lowest BCUT2D eigenvalue weighted by atomic mass is 10.1. The molecule has 0 unspecified atom stereocenters. The summed E-state index contributed by atoms with van der Waals surface area (Å²) in [6, 6.07) is 17.9. The maximum Gasteiger partial charge on any atom is 0.361 e. The molecule has 6 heteroatoms. The van der Waals surface area contributed by atoms with Crippen LogP contribution in [0.3, 0.4) is 0 Å². The maximum atomic E-state index is 13.7. The molecule has 0 aliphatic rings. The summed E-state index contributed by atoms with van der Waals surface area (Å²) in [5.41, 5.74) is 1.07. The third-order valence-electron chi connectivity index (χ3n) is 4.20. The smallest absolute Gasteiger partial charge is 0.361 e. The molecule has 0 radical (unpaired) electrons. The Morgan fingerprint density at radius 2 is 1.34 bits per heavy atom. The van der Waals surface area contributed by atoms with E-state index in [1.165, 1.54) is 0 Å². The van der Waals surface area contributed by atoms with Crippen LogP contribution in [-0.2, 0) is 18.3 Å². The summed E-state index contributed by atoms with van der Waals surface area (Å²) in [4.78, 5) is 12.8. The van der Waals surface area contributed by atoms with Crippen molar-refractivity contribution < 1.29 is 23.1 Å². The van der Waals surface area contributed by atoms with Crippen molar-refractivity contribution >= 4 is 19.3 Å². The van der Waals surface area contributed by atoms with Crippen LogP contribution >= 0.6 is 7.60 Å². The van der Waals surface area contributed by atoms with Crippen molar-refractivity contribution in [1.82, 2.24) is 0 Å². The van der Waals surface area contributed by atoms with Gasteiger partial charge in [-0.3, -0.25) is 4.57 Å². The highest BCUT2D eigenvalue weighted by molar-refractivity contribution is 7.58. The normalized spacial score (nSPS) is 12.4. The first kappa shape index (κ1) is 23.1. The van der Waals surface area contributed by atoms with Crippen molar-refractivity contribution in [3.63, 3.8) is 0 Å². The summed E-state index contributed by atoms with van der Waals surface area (Å²) in [7, 11) is -3.63. The van der Waals surface area contributed by atoms with Crippen LogP contribution in [0.15, 0.2) is 66.0 Å². The molecule has 0 aliphatic carbocycles. The number of unbranched alkanes of at least 4 members (excludes halogenated alkanes) is 1. The molecule has 29 heavy (non-hydrogen) atoms. The molecule has 0 aliphatic heterocycles. The van der Waals surface area contributed by atoms with Crippen molar-refractivity contribution in [1.29, 1.82) is 0 Å². The van der Waals surface area contributed by atoms with Crippen LogP contribution in [0, 0.1) is 0 Å². The Labute approximate surface area is 173 Å².